The fraction of sp³-hybridized carbons (Fsp3) is 0.271. The van der Waals surface area contributed by atoms with E-state index in [0.717, 1.165) is 43.0 Å². The van der Waals surface area contributed by atoms with Gasteiger partial charge in [0.1, 0.15) is 23.9 Å². The molecule has 1 saturated carbocycles. The number of amides is 4. The molecule has 0 radical (unpaired) electrons. The van der Waals surface area contributed by atoms with Crippen LogP contribution in [0.15, 0.2) is 115 Å². The minimum absolute atomic E-state index is 0.126. The van der Waals surface area contributed by atoms with Gasteiger partial charge < -0.3 is 15.2 Å². The summed E-state index contributed by atoms with van der Waals surface area (Å²) in [6.07, 6.45) is 2.61. The standard InChI is InChI=1S/C48H42ClN5O6S/c1-26-35-23-28(49)11-20-39(35)61-43(26)38-25-40(52(3)51-38)54-45(57)37-24-36-33(42(48(37,2)47(54)59)27-9-16-32(17-10-27)60-22-21-55)18-19-34-41(36)46(58)53(44(34)56)31-14-12-30(13-15-31)50-29-7-5-4-6-8-29/h4-18,20,23,25,34,36-37,41-42,50,55H,19,21-22,24H2,1-3H3/t34-,36+,37-,41-,42-,48+/m0/s1. The fourth-order valence-corrected chi connectivity index (χ4v) is 11.7. The van der Waals surface area contributed by atoms with Gasteiger partial charge in [0.15, 0.2) is 0 Å². The number of aromatic nitrogens is 2. The van der Waals surface area contributed by atoms with Crippen molar-refractivity contribution in [2.45, 2.75) is 32.6 Å². The summed E-state index contributed by atoms with van der Waals surface area (Å²) in [7, 11) is 1.74. The molecule has 61 heavy (non-hydrogen) atoms. The maximum Gasteiger partial charge on any atom is 0.242 e. The van der Waals surface area contributed by atoms with Gasteiger partial charge in [0.05, 0.1) is 40.3 Å². The van der Waals surface area contributed by atoms with Crippen LogP contribution in [0.25, 0.3) is 20.7 Å². The van der Waals surface area contributed by atoms with Gasteiger partial charge in [-0.3, -0.25) is 28.8 Å². The van der Waals surface area contributed by atoms with E-state index in [4.69, 9.17) is 21.4 Å². The summed E-state index contributed by atoms with van der Waals surface area (Å²) in [6.45, 7) is 3.88. The number of anilines is 4. The number of nitrogens with one attached hydrogen (secondary N) is 1. The Hall–Kier alpha value is -6.08. The number of ether oxygens (including phenoxy) is 1. The van der Waals surface area contributed by atoms with Crippen LogP contribution < -0.4 is 19.9 Å². The minimum atomic E-state index is -1.23. The first-order chi connectivity index (χ1) is 29.5. The van der Waals surface area contributed by atoms with Crippen molar-refractivity contribution in [1.29, 1.82) is 0 Å². The zero-order valence-corrected chi connectivity index (χ0v) is 35.2. The highest BCUT2D eigenvalue weighted by Gasteiger charge is 2.68. The third-order valence-electron chi connectivity index (χ3n) is 13.3. The molecule has 6 atom stereocenters. The maximum atomic E-state index is 15.2. The Morgan fingerprint density at radius 1 is 0.885 bits per heavy atom. The van der Waals surface area contributed by atoms with E-state index in [2.05, 4.69) is 11.4 Å². The molecule has 4 aliphatic rings. The van der Waals surface area contributed by atoms with E-state index in [1.54, 1.807) is 53.4 Å². The molecule has 13 heteroatoms. The zero-order chi connectivity index (χ0) is 42.3. The lowest BCUT2D eigenvalue weighted by atomic mass is 9.51. The number of rotatable bonds is 9. The van der Waals surface area contributed by atoms with Crippen molar-refractivity contribution in [3.8, 4) is 16.3 Å². The molecule has 4 amide bonds. The number of thiophene rings is 1. The van der Waals surface area contributed by atoms with E-state index >= 15 is 9.59 Å². The molecule has 2 saturated heterocycles. The van der Waals surface area contributed by atoms with Crippen LogP contribution in [0.1, 0.15) is 36.8 Å². The van der Waals surface area contributed by atoms with Gasteiger partial charge in [-0.15, -0.1) is 11.3 Å². The van der Waals surface area contributed by atoms with Gasteiger partial charge in [-0.1, -0.05) is 53.6 Å². The van der Waals surface area contributed by atoms with E-state index in [1.807, 2.05) is 86.6 Å². The smallest absolute Gasteiger partial charge is 0.242 e. The Bertz CT molecular complexity index is 2800. The molecule has 4 aromatic carbocycles. The Morgan fingerprint density at radius 2 is 1.62 bits per heavy atom. The average molecular weight is 852 g/mol. The van der Waals surface area contributed by atoms with Crippen molar-refractivity contribution < 1.29 is 29.0 Å². The van der Waals surface area contributed by atoms with Gasteiger partial charge in [0.25, 0.3) is 0 Å². The third-order valence-corrected chi connectivity index (χ3v) is 14.8. The highest BCUT2D eigenvalue weighted by atomic mass is 35.5. The van der Waals surface area contributed by atoms with Crippen molar-refractivity contribution in [2.24, 2.45) is 36.1 Å². The fourth-order valence-electron chi connectivity index (χ4n) is 10.4. The lowest BCUT2D eigenvalue weighted by Gasteiger charge is -2.49. The lowest BCUT2D eigenvalue weighted by Crippen LogP contribution is -2.48. The molecule has 0 bridgehead atoms. The summed E-state index contributed by atoms with van der Waals surface area (Å²) in [4.78, 5) is 62.8. The summed E-state index contributed by atoms with van der Waals surface area (Å²) in [5, 5.41) is 19.2. The van der Waals surface area contributed by atoms with Gasteiger partial charge in [0.2, 0.25) is 23.6 Å². The van der Waals surface area contributed by atoms with Gasteiger partial charge in [-0.2, -0.15) is 5.10 Å². The van der Waals surface area contributed by atoms with E-state index in [-0.39, 0.29) is 43.3 Å². The minimum Gasteiger partial charge on any atom is -0.491 e. The first-order valence-corrected chi connectivity index (χ1v) is 21.6. The Morgan fingerprint density at radius 3 is 2.36 bits per heavy atom. The largest absolute Gasteiger partial charge is 0.491 e. The first-order valence-electron chi connectivity index (χ1n) is 20.4. The van der Waals surface area contributed by atoms with Crippen molar-refractivity contribution in [1.82, 2.24) is 9.78 Å². The van der Waals surface area contributed by atoms with E-state index < -0.39 is 35.0 Å². The monoisotopic (exact) mass is 851 g/mol. The third kappa shape index (κ3) is 6.14. The molecule has 0 unspecified atom stereocenters. The average Bonchev–Trinajstić information content (AvgIpc) is 3.94. The van der Waals surface area contributed by atoms with Gasteiger partial charge in [0, 0.05) is 40.1 Å². The molecule has 10 rings (SSSR count). The molecular weight excluding hydrogens is 810 g/mol. The van der Waals surface area contributed by atoms with Crippen molar-refractivity contribution in [3.05, 3.63) is 131 Å². The molecule has 4 heterocycles. The first kappa shape index (κ1) is 39.1. The van der Waals surface area contributed by atoms with Gasteiger partial charge in [-0.05, 0) is 116 Å². The van der Waals surface area contributed by atoms with Crippen LogP contribution in [0.3, 0.4) is 0 Å². The number of hydrogen-bond acceptors (Lipinski definition) is 9. The SMILES string of the molecule is Cc1c(-c2cc(N3C(=O)[C@@H]4C[C@@H]5C(=CC[C@@H]6C(=O)N(c7ccc(Nc8ccccc8)cc7)C(=O)[C@@H]65)[C@H](c5ccc(OCCO)cc5)[C@]4(C)C3=O)n(C)n2)sc2ccc(Cl)cc12. The summed E-state index contributed by atoms with van der Waals surface area (Å²) in [5.41, 5.74) is 4.32. The maximum absolute atomic E-state index is 15.2. The molecular formula is C48H42ClN5O6S. The van der Waals surface area contributed by atoms with Crippen LogP contribution in [0.4, 0.5) is 22.9 Å². The predicted octanol–water partition coefficient (Wildman–Crippen LogP) is 8.81. The Kier molecular flexibility index (Phi) is 9.50. The predicted molar refractivity (Wildman–Crippen MR) is 236 cm³/mol. The number of carbonyl (C=O) groups is 4. The molecule has 2 aliphatic carbocycles. The highest BCUT2D eigenvalue weighted by molar-refractivity contribution is 7.22. The number of imide groups is 2. The summed E-state index contributed by atoms with van der Waals surface area (Å²) < 4.78 is 8.33. The van der Waals surface area contributed by atoms with Crippen LogP contribution in [0, 0.1) is 36.0 Å². The second-order valence-electron chi connectivity index (χ2n) is 16.6. The number of fused-ring (bicyclic) bond motifs is 5. The lowest BCUT2D eigenvalue weighted by molar-refractivity contribution is -0.131. The Labute approximate surface area is 361 Å². The van der Waals surface area contributed by atoms with Gasteiger partial charge in [-0.25, -0.2) is 4.90 Å². The van der Waals surface area contributed by atoms with Crippen molar-refractivity contribution in [3.63, 3.8) is 0 Å². The number of benzene rings is 4. The second kappa shape index (κ2) is 14.8. The molecule has 2 N–H and O–H groups in total. The Balaban J connectivity index is 1.02. The van der Waals surface area contributed by atoms with Crippen LogP contribution in [-0.4, -0.2) is 51.7 Å². The second-order valence-corrected chi connectivity index (χ2v) is 18.0. The number of hydrogen-bond donors (Lipinski definition) is 2. The highest BCUT2D eigenvalue weighted by Crippen LogP contribution is 2.64. The van der Waals surface area contributed by atoms with Crippen LogP contribution in [0.5, 0.6) is 5.75 Å². The molecule has 2 aromatic heterocycles. The molecule has 6 aromatic rings. The van der Waals surface area contributed by atoms with E-state index in [1.165, 1.54) is 9.80 Å². The number of nitrogens with zero attached hydrogens (tertiary/aromatic N) is 4. The summed E-state index contributed by atoms with van der Waals surface area (Å²) >= 11 is 7.92. The number of para-hydroxylation sites is 1. The number of aryl methyl sites for hydroxylation is 2. The number of carbonyl (C=O) groups excluding carboxylic acids is 4. The topological polar surface area (TPSA) is 134 Å². The number of aliphatic hydroxyl groups is 1. The molecule has 11 nitrogen and oxygen atoms in total. The molecule has 3 fully saturated rings. The molecule has 2 aliphatic heterocycles. The zero-order valence-electron chi connectivity index (χ0n) is 33.7. The van der Waals surface area contributed by atoms with E-state index in [0.29, 0.717) is 34.4 Å². The number of allylic oxidation sites excluding steroid dienone is 2. The van der Waals surface area contributed by atoms with Crippen molar-refractivity contribution in [2.75, 3.05) is 28.3 Å². The summed E-state index contributed by atoms with van der Waals surface area (Å²) in [5.74, 6) is -3.52. The van der Waals surface area contributed by atoms with Crippen molar-refractivity contribution >= 4 is 79.5 Å². The van der Waals surface area contributed by atoms with Crippen LogP contribution in [-0.2, 0) is 26.2 Å². The molecule has 308 valence electrons. The van der Waals surface area contributed by atoms with Crippen LogP contribution in [0.2, 0.25) is 5.02 Å². The van der Waals surface area contributed by atoms with Crippen LogP contribution >= 0.6 is 22.9 Å². The number of halogens is 1. The van der Waals surface area contributed by atoms with E-state index in [9.17, 15) is 14.7 Å². The van der Waals surface area contributed by atoms with Gasteiger partial charge >= 0.3 is 0 Å². The number of aliphatic hydroxyl groups excluding tert-OH is 1. The summed E-state index contributed by atoms with van der Waals surface area (Å²) in [6, 6.07) is 32.0. The normalized spacial score (nSPS) is 24.5. The molecule has 0 spiro atoms. The quantitative estimate of drug-likeness (QED) is 0.109.